The molecule has 0 unspecified atom stereocenters. The van der Waals surface area contributed by atoms with E-state index in [0.717, 1.165) is 174 Å². The zero-order valence-electron chi connectivity index (χ0n) is 64.5. The number of piperidine rings is 1. The number of halogens is 2. The molecule has 18 rings (SSSR count). The summed E-state index contributed by atoms with van der Waals surface area (Å²) in [6.07, 6.45) is 3.97. The number of aromatic nitrogens is 9. The molecular formula is C89H83BrFN14NaO8. The second-order valence-electron chi connectivity index (χ2n) is 26.2. The van der Waals surface area contributed by atoms with Gasteiger partial charge in [-0.15, -0.1) is 0 Å². The van der Waals surface area contributed by atoms with E-state index in [2.05, 4.69) is 141 Å². The van der Waals surface area contributed by atoms with Crippen molar-refractivity contribution in [2.24, 2.45) is 0 Å². The van der Waals surface area contributed by atoms with E-state index in [1.165, 1.54) is 38.9 Å². The molecule has 0 radical (unpaired) electrons. The minimum Gasteiger partial charge on any atom is -0.870 e. The Kier molecular flexibility index (Phi) is 28.5. The summed E-state index contributed by atoms with van der Waals surface area (Å²) in [6.45, 7) is 8.64. The van der Waals surface area contributed by atoms with Crippen LogP contribution in [-0.2, 0) is 9.47 Å². The van der Waals surface area contributed by atoms with Gasteiger partial charge in [-0.3, -0.25) is 4.39 Å². The van der Waals surface area contributed by atoms with Crippen molar-refractivity contribution in [2.75, 3.05) is 118 Å². The van der Waals surface area contributed by atoms with Crippen LogP contribution in [0.1, 0.15) is 51.7 Å². The number of carboxylic acid groups (broad SMARTS) is 1. The average Bonchev–Trinajstić information content (AvgIpc) is 0.774. The second-order valence-corrected chi connectivity index (χ2v) is 27.0. The average molecular weight is 1600 g/mol. The molecule has 9 heterocycles. The largest absolute Gasteiger partial charge is 1.00 e. The molecule has 22 nitrogen and oxygen atoms in total. The number of hydrogen-bond donors (Lipinski definition) is 2. The number of alkyl halides is 1. The quantitative estimate of drug-likeness (QED) is 0.0899. The van der Waals surface area contributed by atoms with Crippen molar-refractivity contribution in [2.45, 2.75) is 19.3 Å². The van der Waals surface area contributed by atoms with E-state index in [9.17, 15) is 23.9 Å². The number of carbonyl (C=O) groups excluding carboxylic acids is 2. The van der Waals surface area contributed by atoms with Crippen LogP contribution in [0.5, 0.6) is 0 Å². The molecule has 0 saturated carbocycles. The van der Waals surface area contributed by atoms with Crippen LogP contribution in [0, 0.1) is 0 Å². The Morgan fingerprint density at radius 2 is 0.667 bits per heavy atom. The van der Waals surface area contributed by atoms with Crippen molar-refractivity contribution in [3.63, 3.8) is 0 Å². The summed E-state index contributed by atoms with van der Waals surface area (Å²) in [5.74, 6) is 2.95. The summed E-state index contributed by atoms with van der Waals surface area (Å²) in [5.41, 5.74) is 13.7. The van der Waals surface area contributed by atoms with Gasteiger partial charge in [0.05, 0.1) is 89.1 Å². The van der Waals surface area contributed by atoms with Crippen molar-refractivity contribution in [1.82, 2.24) is 44.9 Å². The summed E-state index contributed by atoms with van der Waals surface area (Å²) in [5, 5.41) is 19.9. The maximum atomic E-state index is 12.1. The molecule has 3 aliphatic heterocycles. The first-order valence-corrected chi connectivity index (χ1v) is 37.5. The number of aromatic carboxylic acids is 1. The molecule has 15 aromatic rings. The molecule has 3 aliphatic rings. The summed E-state index contributed by atoms with van der Waals surface area (Å²) < 4.78 is 25.7. The SMILES string of the molecule is CO.COC(=O)c1ccc2nc(-c3ccccc3)c(Br)nc2c1.COC(=O)c1ccc2nc(-c3ccccc3)c(N3CCN(c4ccc5ccccc5n4)CC3)nc2c1.O=C(O)c1ccc2nc(-c3ccccc3)c(N3CCN(c4ccc5ccccc5n4)CC3)nc2c1.[2H]CF.[Na+].[OH-].c1ccc2nc(N3CCCCC3)ccc2c1. The number of methoxy groups -OCH3 is 2. The monoisotopic (exact) mass is 1600 g/mol. The number of anilines is 5. The molecule has 0 amide bonds. The molecule has 572 valence electrons. The van der Waals surface area contributed by atoms with E-state index in [4.69, 9.17) is 50.8 Å². The van der Waals surface area contributed by atoms with Crippen LogP contribution in [-0.4, -0.2) is 172 Å². The summed E-state index contributed by atoms with van der Waals surface area (Å²) >= 11 is 3.44. The number of nitrogens with zero attached hydrogens (tertiary/aromatic N) is 14. The predicted octanol–water partition coefficient (Wildman–Crippen LogP) is 13.9. The van der Waals surface area contributed by atoms with E-state index >= 15 is 0 Å². The summed E-state index contributed by atoms with van der Waals surface area (Å²) in [7, 11) is 2.73. The van der Waals surface area contributed by atoms with Crippen LogP contribution >= 0.6 is 15.9 Å². The van der Waals surface area contributed by atoms with E-state index in [1.54, 1.807) is 48.5 Å². The molecule has 0 spiro atoms. The maximum absolute atomic E-state index is 12.1. The van der Waals surface area contributed by atoms with Crippen LogP contribution < -0.4 is 54.1 Å². The van der Waals surface area contributed by atoms with Gasteiger partial charge in [0.2, 0.25) is 0 Å². The number of piperazine rings is 2. The van der Waals surface area contributed by atoms with Crippen LogP contribution in [0.2, 0.25) is 0 Å². The Morgan fingerprint density at radius 3 is 1.04 bits per heavy atom. The number of fused-ring (bicyclic) bond motifs is 6. The zero-order chi connectivity index (χ0) is 78.6. The van der Waals surface area contributed by atoms with E-state index in [1.807, 2.05) is 115 Å². The van der Waals surface area contributed by atoms with Crippen LogP contribution in [0.25, 0.3) is 99.6 Å². The van der Waals surface area contributed by atoms with Gasteiger partial charge in [-0.2, -0.15) is 0 Å². The molecule has 3 fully saturated rings. The Morgan fingerprint density at radius 1 is 0.360 bits per heavy atom. The molecule has 3 N–H and O–H groups in total. The summed E-state index contributed by atoms with van der Waals surface area (Å²) in [4.78, 5) is 90.0. The molecule has 0 aliphatic carbocycles. The Balaban J connectivity index is 0.000000153. The fourth-order valence-corrected chi connectivity index (χ4v) is 14.2. The van der Waals surface area contributed by atoms with E-state index in [0.29, 0.717) is 37.8 Å². The van der Waals surface area contributed by atoms with Gasteiger partial charge < -0.3 is 49.7 Å². The normalized spacial score (nSPS) is 13.1. The standard InChI is InChI=1S/C29H25N5O2.C28H23N5O2.C16H11BrN2O2.C14H16N2.CH3F.CH4O.Na.H2O/c1-36-29(35)22-11-13-24-25(19-22)32-28(27(31-24)21-8-3-2-4-9-21)34-17-15-33(16-18-34)26-14-12-20-7-5-6-10-23(20)30-26;34-28(35)21-10-12-23-24(18-21)31-27(26(30-23)20-7-2-1-3-8-20)33-16-14-32(15-17-33)25-13-11-19-6-4-5-9-22(19)29-25;1-21-16(20)11-7-8-12-13(9-11)19-15(17)14(18-12)10-5-3-2-4-6-10;1-4-10-16(11-5-1)14-9-8-12-6-2-3-7-13(12)15-14;2*1-2;;/h2-14,19H,15-18H2,1H3;1-13,18H,14-17H2,(H,34,35);2-9H,1H3;2-3,6-9H,1,4-5,10-11H2;1H3;2H,1H3;;1H2/q;;;;;;+1;/p-1/i;;;;1D;;;. The topological polar surface area (TPSA) is 272 Å². The number of rotatable bonds is 11. The third-order valence-corrected chi connectivity index (χ3v) is 19.9. The maximum Gasteiger partial charge on any atom is 1.00 e. The Hall–Kier alpha value is -12.0. The van der Waals surface area contributed by atoms with Crippen LogP contribution in [0.15, 0.2) is 259 Å². The molecule has 25 heteroatoms. The predicted molar refractivity (Wildman–Crippen MR) is 450 cm³/mol. The van der Waals surface area contributed by atoms with Gasteiger partial charge in [0.25, 0.3) is 0 Å². The number of hydrogen-bond acceptors (Lipinski definition) is 21. The minimum absolute atomic E-state index is 0. The number of ether oxygens (including phenoxy) is 2. The van der Waals surface area contributed by atoms with Crippen molar-refractivity contribution in [3.8, 4) is 33.8 Å². The fourth-order valence-electron chi connectivity index (χ4n) is 13.7. The van der Waals surface area contributed by atoms with Crippen LogP contribution in [0.4, 0.5) is 33.5 Å². The van der Waals surface area contributed by atoms with E-state index in [-0.39, 0.29) is 52.5 Å². The first-order valence-electron chi connectivity index (χ1n) is 37.4. The zero-order valence-corrected chi connectivity index (χ0v) is 67.1. The second kappa shape index (κ2) is 39.9. The van der Waals surface area contributed by atoms with Gasteiger partial charge in [-0.05, 0) is 144 Å². The number of benzene rings is 9. The number of para-hydroxylation sites is 3. The molecule has 0 atom stereocenters. The number of carbonyl (C=O) groups is 3. The van der Waals surface area contributed by atoms with Gasteiger partial charge in [0.1, 0.15) is 39.1 Å². The van der Waals surface area contributed by atoms with Gasteiger partial charge >= 0.3 is 47.5 Å². The minimum atomic E-state index is -1.00. The molecule has 9 aromatic carbocycles. The molecule has 114 heavy (non-hydrogen) atoms. The van der Waals surface area contributed by atoms with Crippen molar-refractivity contribution < 1.29 is 74.9 Å². The number of carboxylic acids is 1. The third kappa shape index (κ3) is 19.7. The van der Waals surface area contributed by atoms with Crippen LogP contribution in [0.3, 0.4) is 0 Å². The number of esters is 2. The molecule has 6 aromatic heterocycles. The van der Waals surface area contributed by atoms with Gasteiger partial charge in [0, 0.05) is 105 Å². The molecule has 3 saturated heterocycles. The summed E-state index contributed by atoms with van der Waals surface area (Å²) in [6, 6.07) is 82.7. The first-order chi connectivity index (χ1) is 55.4. The van der Waals surface area contributed by atoms with Crippen molar-refractivity contribution in [1.29, 1.82) is 0 Å². The van der Waals surface area contributed by atoms with Gasteiger partial charge in [-0.1, -0.05) is 146 Å². The Bertz CT molecular complexity index is 5820. The van der Waals surface area contributed by atoms with Gasteiger partial charge in [-0.25, -0.2) is 59.2 Å². The number of aliphatic hydroxyl groups excluding tert-OH is 1. The van der Waals surface area contributed by atoms with Crippen molar-refractivity contribution >= 4 is 129 Å². The third-order valence-electron chi connectivity index (χ3n) is 19.4. The number of pyridine rings is 3. The fraction of sp³-hybridized carbons (Fsp3) is 0.191. The Labute approximate surface area is 691 Å². The van der Waals surface area contributed by atoms with Gasteiger partial charge in [0.15, 0.2) is 11.6 Å². The number of aliphatic hydroxyl groups is 1. The smallest absolute Gasteiger partial charge is 0.870 e. The first kappa shape index (κ1) is 81.5. The molecular weight excluding hydrogens is 1510 g/mol. The van der Waals surface area contributed by atoms with E-state index < -0.39 is 13.1 Å². The van der Waals surface area contributed by atoms with Crippen molar-refractivity contribution in [3.05, 3.63) is 276 Å². The molecule has 0 bridgehead atoms.